The summed E-state index contributed by atoms with van der Waals surface area (Å²) in [4.78, 5) is 19.1. The molecule has 1 N–H and O–H groups in total. The lowest BCUT2D eigenvalue weighted by Crippen LogP contribution is -2.32. The van der Waals surface area contributed by atoms with Gasteiger partial charge in [0.1, 0.15) is 5.75 Å². The van der Waals surface area contributed by atoms with Crippen LogP contribution in [0.15, 0.2) is 72.9 Å². The molecule has 0 aliphatic carbocycles. The number of carbonyl (C=O) groups excluding carboxylic acids is 1. The third kappa shape index (κ3) is 2.70. The van der Waals surface area contributed by atoms with E-state index in [1.165, 1.54) is 0 Å². The second kappa shape index (κ2) is 6.28. The molecule has 0 fully saturated rings. The molecule has 0 spiro atoms. The van der Waals surface area contributed by atoms with Crippen LogP contribution in [-0.2, 0) is 0 Å². The molecule has 0 saturated carbocycles. The summed E-state index contributed by atoms with van der Waals surface area (Å²) in [6, 6.07) is 20.8. The van der Waals surface area contributed by atoms with E-state index in [1.54, 1.807) is 24.3 Å². The zero-order valence-electron chi connectivity index (χ0n) is 13.7. The third-order valence-electron chi connectivity index (χ3n) is 4.21. The van der Waals surface area contributed by atoms with Gasteiger partial charge in [-0.25, -0.2) is 0 Å². The Hall–Kier alpha value is -3.34. The van der Waals surface area contributed by atoms with Crippen molar-refractivity contribution in [3.8, 4) is 5.75 Å². The van der Waals surface area contributed by atoms with Crippen LogP contribution in [0.25, 0.3) is 0 Å². The van der Waals surface area contributed by atoms with Crippen molar-refractivity contribution < 1.29 is 9.53 Å². The van der Waals surface area contributed by atoms with Gasteiger partial charge in [-0.15, -0.1) is 0 Å². The van der Waals surface area contributed by atoms with E-state index in [0.717, 1.165) is 22.8 Å². The number of amides is 1. The molecule has 5 nitrogen and oxygen atoms in total. The summed E-state index contributed by atoms with van der Waals surface area (Å²) in [6.07, 6.45) is 1.33. The molecule has 0 radical (unpaired) electrons. The molecule has 1 aliphatic rings. The van der Waals surface area contributed by atoms with Gasteiger partial charge < -0.3 is 10.1 Å². The number of pyridine rings is 1. The lowest BCUT2D eigenvalue weighted by atomic mass is 10.2. The highest BCUT2D eigenvalue weighted by Crippen LogP contribution is 2.37. The Morgan fingerprint density at radius 3 is 2.68 bits per heavy atom. The van der Waals surface area contributed by atoms with Gasteiger partial charge in [-0.3, -0.25) is 14.7 Å². The van der Waals surface area contributed by atoms with E-state index < -0.39 is 0 Å². The fourth-order valence-electron chi connectivity index (χ4n) is 3.04. The molecule has 25 heavy (non-hydrogen) atoms. The first-order valence-electron chi connectivity index (χ1n) is 8.02. The molecule has 0 saturated heterocycles. The van der Waals surface area contributed by atoms with Gasteiger partial charge >= 0.3 is 0 Å². The maximum absolute atomic E-state index is 12.9. The van der Waals surface area contributed by atoms with Gasteiger partial charge in [0, 0.05) is 23.6 Å². The molecular weight excluding hydrogens is 314 g/mol. The Bertz CT molecular complexity index is 912. The van der Waals surface area contributed by atoms with Gasteiger partial charge in [0.05, 0.1) is 18.4 Å². The molecule has 4 rings (SSSR count). The zero-order chi connectivity index (χ0) is 17.2. The number of fused-ring (bicyclic) bond motifs is 1. The highest BCUT2D eigenvalue weighted by atomic mass is 16.5. The highest BCUT2D eigenvalue weighted by molar-refractivity contribution is 6.11. The van der Waals surface area contributed by atoms with Crippen molar-refractivity contribution in [2.24, 2.45) is 0 Å². The minimum absolute atomic E-state index is 0.0605. The molecule has 2 heterocycles. The number of hydrogen-bond acceptors (Lipinski definition) is 4. The minimum Gasteiger partial charge on any atom is -0.497 e. The second-order valence-electron chi connectivity index (χ2n) is 5.73. The Morgan fingerprint density at radius 2 is 1.88 bits per heavy atom. The van der Waals surface area contributed by atoms with Crippen molar-refractivity contribution >= 4 is 17.3 Å². The van der Waals surface area contributed by atoms with E-state index in [9.17, 15) is 4.79 Å². The number of aromatic nitrogens is 1. The van der Waals surface area contributed by atoms with Crippen LogP contribution in [-0.4, -0.2) is 18.0 Å². The number of ether oxygens (including phenoxy) is 1. The predicted molar refractivity (Wildman–Crippen MR) is 96.8 cm³/mol. The van der Waals surface area contributed by atoms with Crippen molar-refractivity contribution in [2.45, 2.75) is 6.17 Å². The van der Waals surface area contributed by atoms with Gasteiger partial charge in [0.2, 0.25) is 0 Å². The van der Waals surface area contributed by atoms with E-state index in [2.05, 4.69) is 10.3 Å². The maximum atomic E-state index is 12.9. The lowest BCUT2D eigenvalue weighted by Gasteiger charge is -2.26. The summed E-state index contributed by atoms with van der Waals surface area (Å²) >= 11 is 0. The van der Waals surface area contributed by atoms with E-state index >= 15 is 0 Å². The van der Waals surface area contributed by atoms with Crippen molar-refractivity contribution in [3.05, 3.63) is 84.2 Å². The van der Waals surface area contributed by atoms with Gasteiger partial charge in [-0.05, 0) is 36.4 Å². The van der Waals surface area contributed by atoms with Crippen molar-refractivity contribution in [3.63, 3.8) is 0 Å². The molecule has 124 valence electrons. The summed E-state index contributed by atoms with van der Waals surface area (Å²) in [5, 5.41) is 3.41. The maximum Gasteiger partial charge on any atom is 0.262 e. The number of benzene rings is 2. The molecule has 0 bridgehead atoms. The smallest absolute Gasteiger partial charge is 0.262 e. The average Bonchev–Trinajstić information content (AvgIpc) is 2.95. The van der Waals surface area contributed by atoms with Crippen LogP contribution in [0.1, 0.15) is 22.2 Å². The Labute approximate surface area is 145 Å². The number of nitrogens with zero attached hydrogens (tertiary/aromatic N) is 2. The normalized spacial score (nSPS) is 15.8. The zero-order valence-corrected chi connectivity index (χ0v) is 13.7. The number of para-hydroxylation sites is 1. The van der Waals surface area contributed by atoms with Gasteiger partial charge in [-0.2, -0.15) is 0 Å². The predicted octanol–water partition coefficient (Wildman–Crippen LogP) is 3.86. The first-order valence-corrected chi connectivity index (χ1v) is 8.02. The Kier molecular flexibility index (Phi) is 3.82. The number of anilines is 2. The summed E-state index contributed by atoms with van der Waals surface area (Å²) in [7, 11) is 1.63. The molecule has 5 heteroatoms. The molecular formula is C20H17N3O2. The fourth-order valence-corrected chi connectivity index (χ4v) is 3.04. The standard InChI is InChI=1S/C20H17N3O2/c1-25-16-10-5-7-14(13-16)22-19-18-17(11-6-12-21-18)20(24)23(19)15-8-3-2-4-9-15/h2-13,19,22H,1H3/t19-/m0/s1. The van der Waals surface area contributed by atoms with Crippen LogP contribution in [0.4, 0.5) is 11.4 Å². The molecule has 0 unspecified atom stereocenters. The second-order valence-corrected chi connectivity index (χ2v) is 5.73. The van der Waals surface area contributed by atoms with Gasteiger partial charge in [-0.1, -0.05) is 24.3 Å². The summed E-state index contributed by atoms with van der Waals surface area (Å²) in [5.41, 5.74) is 3.02. The van der Waals surface area contributed by atoms with Crippen LogP contribution in [0.5, 0.6) is 5.75 Å². The van der Waals surface area contributed by atoms with Crippen LogP contribution in [0.3, 0.4) is 0 Å². The Morgan fingerprint density at radius 1 is 1.04 bits per heavy atom. The number of carbonyl (C=O) groups is 1. The fraction of sp³-hybridized carbons (Fsp3) is 0.100. The molecule has 1 amide bonds. The minimum atomic E-state index is -0.377. The van der Waals surface area contributed by atoms with E-state index in [1.807, 2.05) is 60.7 Å². The van der Waals surface area contributed by atoms with Crippen molar-refractivity contribution in [2.75, 3.05) is 17.3 Å². The van der Waals surface area contributed by atoms with Crippen LogP contribution < -0.4 is 15.0 Å². The Balaban J connectivity index is 1.77. The van der Waals surface area contributed by atoms with E-state index in [0.29, 0.717) is 5.56 Å². The van der Waals surface area contributed by atoms with Crippen molar-refractivity contribution in [1.29, 1.82) is 0 Å². The lowest BCUT2D eigenvalue weighted by molar-refractivity contribution is 0.0993. The van der Waals surface area contributed by atoms with Gasteiger partial charge in [0.25, 0.3) is 5.91 Å². The van der Waals surface area contributed by atoms with Gasteiger partial charge in [0.15, 0.2) is 6.17 Å². The molecule has 2 aromatic carbocycles. The first kappa shape index (κ1) is 15.2. The van der Waals surface area contributed by atoms with E-state index in [-0.39, 0.29) is 12.1 Å². The topological polar surface area (TPSA) is 54.5 Å². The molecule has 1 aliphatic heterocycles. The third-order valence-corrected chi connectivity index (χ3v) is 4.21. The summed E-state index contributed by atoms with van der Waals surface area (Å²) in [6.45, 7) is 0. The molecule has 1 aromatic heterocycles. The number of nitrogens with one attached hydrogen (secondary N) is 1. The van der Waals surface area contributed by atoms with Crippen LogP contribution >= 0.6 is 0 Å². The van der Waals surface area contributed by atoms with Crippen LogP contribution in [0, 0.1) is 0 Å². The summed E-state index contributed by atoms with van der Waals surface area (Å²) in [5.74, 6) is 0.691. The SMILES string of the molecule is COc1cccc(N[C@@H]2c3ncccc3C(=O)N2c2ccccc2)c1. The number of hydrogen-bond donors (Lipinski definition) is 1. The number of methoxy groups -OCH3 is 1. The van der Waals surface area contributed by atoms with Crippen molar-refractivity contribution in [1.82, 2.24) is 4.98 Å². The highest BCUT2D eigenvalue weighted by Gasteiger charge is 2.38. The van der Waals surface area contributed by atoms with E-state index in [4.69, 9.17) is 4.74 Å². The molecule has 1 atom stereocenters. The molecule has 3 aromatic rings. The monoisotopic (exact) mass is 331 g/mol. The quantitative estimate of drug-likeness (QED) is 0.789. The number of rotatable bonds is 4. The average molecular weight is 331 g/mol. The largest absolute Gasteiger partial charge is 0.497 e. The van der Waals surface area contributed by atoms with Crippen LogP contribution in [0.2, 0.25) is 0 Å². The summed E-state index contributed by atoms with van der Waals surface area (Å²) < 4.78 is 5.29. The first-order chi connectivity index (χ1) is 12.3.